The van der Waals surface area contributed by atoms with Crippen LogP contribution in [0.3, 0.4) is 0 Å². The number of benzene rings is 1. The zero-order chi connectivity index (χ0) is 23.6. The summed E-state index contributed by atoms with van der Waals surface area (Å²) in [6.07, 6.45) is -4.02. The van der Waals surface area contributed by atoms with Gasteiger partial charge in [0.15, 0.2) is 17.0 Å². The fraction of sp³-hybridized carbons (Fsp3) is 0.381. The predicted molar refractivity (Wildman–Crippen MR) is 118 cm³/mol. The molecule has 0 spiro atoms. The highest BCUT2D eigenvalue weighted by Gasteiger charge is 2.35. The number of morpholine rings is 1. The fourth-order valence-corrected chi connectivity index (χ4v) is 3.81. The molecule has 1 amide bonds. The van der Waals surface area contributed by atoms with E-state index in [0.29, 0.717) is 36.3 Å². The second-order valence-corrected chi connectivity index (χ2v) is 8.33. The van der Waals surface area contributed by atoms with Crippen LogP contribution in [0.2, 0.25) is 10.0 Å². The lowest BCUT2D eigenvalue weighted by Gasteiger charge is -2.26. The number of carbonyl (C=O) groups is 1. The summed E-state index contributed by atoms with van der Waals surface area (Å²) in [6, 6.07) is 6.52. The number of aromatic nitrogens is 3. The van der Waals surface area contributed by atoms with E-state index in [9.17, 15) is 18.0 Å². The van der Waals surface area contributed by atoms with Gasteiger partial charge < -0.3 is 10.1 Å². The fourth-order valence-electron chi connectivity index (χ4n) is 3.51. The summed E-state index contributed by atoms with van der Waals surface area (Å²) in [5, 5.41) is 7.03. The summed E-state index contributed by atoms with van der Waals surface area (Å²) in [5.41, 5.74) is -0.923. The van der Waals surface area contributed by atoms with Gasteiger partial charge in [0.2, 0.25) is 0 Å². The molecule has 3 heterocycles. The van der Waals surface area contributed by atoms with Crippen LogP contribution in [0, 0.1) is 0 Å². The number of fused-ring (bicyclic) bond motifs is 1. The summed E-state index contributed by atoms with van der Waals surface area (Å²) in [6.45, 7) is 4.22. The highest BCUT2D eigenvalue weighted by molar-refractivity contribution is 6.42. The quantitative estimate of drug-likeness (QED) is 0.513. The van der Waals surface area contributed by atoms with Crippen molar-refractivity contribution < 1.29 is 22.7 Å². The van der Waals surface area contributed by atoms with Crippen molar-refractivity contribution in [3.63, 3.8) is 0 Å². The van der Waals surface area contributed by atoms with Gasteiger partial charge >= 0.3 is 6.18 Å². The maximum atomic E-state index is 13.7. The normalized spacial score (nSPS) is 15.2. The third kappa shape index (κ3) is 5.57. The first-order valence-electron chi connectivity index (χ1n) is 10.2. The average molecular weight is 502 g/mol. The lowest BCUT2D eigenvalue weighted by atomic mass is 10.1. The van der Waals surface area contributed by atoms with Crippen molar-refractivity contribution >= 4 is 34.8 Å². The van der Waals surface area contributed by atoms with Gasteiger partial charge in [0.1, 0.15) is 0 Å². The molecule has 1 N–H and O–H groups in total. The topological polar surface area (TPSA) is 71.8 Å². The zero-order valence-corrected chi connectivity index (χ0v) is 18.8. The smallest absolute Gasteiger partial charge is 0.379 e. The Balaban J connectivity index is 1.55. The summed E-state index contributed by atoms with van der Waals surface area (Å²) in [7, 11) is 0. The molecule has 1 fully saturated rings. The van der Waals surface area contributed by atoms with E-state index in [1.165, 1.54) is 24.3 Å². The molecule has 4 rings (SSSR count). The van der Waals surface area contributed by atoms with Gasteiger partial charge in [-0.1, -0.05) is 29.3 Å². The Morgan fingerprint density at radius 3 is 2.58 bits per heavy atom. The number of ether oxygens (including phenoxy) is 1. The van der Waals surface area contributed by atoms with Crippen molar-refractivity contribution in [3.05, 3.63) is 51.8 Å². The molecule has 1 aromatic carbocycles. The van der Waals surface area contributed by atoms with Crippen molar-refractivity contribution in [2.24, 2.45) is 0 Å². The molecule has 33 heavy (non-hydrogen) atoms. The van der Waals surface area contributed by atoms with Crippen molar-refractivity contribution in [2.45, 2.75) is 12.6 Å². The molecule has 0 bridgehead atoms. The minimum Gasteiger partial charge on any atom is -0.379 e. The standard InChI is InChI=1S/C21H20Cl2F3N5O2/c22-14-3-2-13(10-15(14)23)16-11-18(21(24,25)26)31-19(28-16)12-17(29-31)20(32)27-4-1-5-30-6-8-33-9-7-30/h2-3,10-12H,1,4-9H2,(H,27,32). The highest BCUT2D eigenvalue weighted by atomic mass is 35.5. The molecule has 7 nitrogen and oxygen atoms in total. The Labute approximate surface area is 197 Å². The van der Waals surface area contributed by atoms with E-state index in [2.05, 4.69) is 20.3 Å². The van der Waals surface area contributed by atoms with Crippen LogP contribution in [0.25, 0.3) is 16.9 Å². The van der Waals surface area contributed by atoms with Crippen LogP contribution in [0.5, 0.6) is 0 Å². The number of rotatable bonds is 6. The van der Waals surface area contributed by atoms with Crippen molar-refractivity contribution in [2.75, 3.05) is 39.4 Å². The molecule has 176 valence electrons. The monoisotopic (exact) mass is 501 g/mol. The number of amides is 1. The highest BCUT2D eigenvalue weighted by Crippen LogP contribution is 2.34. The molecule has 1 aliphatic heterocycles. The summed E-state index contributed by atoms with van der Waals surface area (Å²) in [4.78, 5) is 19.0. The van der Waals surface area contributed by atoms with Crippen molar-refractivity contribution in [1.29, 1.82) is 0 Å². The Kier molecular flexibility index (Phi) is 7.08. The van der Waals surface area contributed by atoms with Gasteiger partial charge in [-0.15, -0.1) is 0 Å². The minimum atomic E-state index is -4.72. The molecule has 3 aromatic rings. The molecule has 0 radical (unpaired) electrons. The Bertz CT molecular complexity index is 1160. The van der Waals surface area contributed by atoms with Gasteiger partial charge in [0.05, 0.1) is 29.0 Å². The molecule has 0 aliphatic carbocycles. The van der Waals surface area contributed by atoms with Gasteiger partial charge in [0, 0.05) is 31.3 Å². The number of hydrogen-bond donors (Lipinski definition) is 1. The molecule has 0 unspecified atom stereocenters. The number of alkyl halides is 3. The van der Waals surface area contributed by atoms with Crippen LogP contribution in [0.4, 0.5) is 13.2 Å². The molecule has 1 aliphatic rings. The maximum absolute atomic E-state index is 13.7. The van der Waals surface area contributed by atoms with E-state index >= 15 is 0 Å². The molecular formula is C21H20Cl2F3N5O2. The molecule has 1 saturated heterocycles. The molecule has 0 saturated carbocycles. The SMILES string of the molecule is O=C(NCCCN1CCOCC1)c1cc2nc(-c3ccc(Cl)c(Cl)c3)cc(C(F)(F)F)n2n1. The van der Waals surface area contributed by atoms with Gasteiger partial charge in [-0.25, -0.2) is 9.50 Å². The van der Waals surface area contributed by atoms with Gasteiger partial charge in [-0.2, -0.15) is 18.3 Å². The maximum Gasteiger partial charge on any atom is 0.433 e. The Morgan fingerprint density at radius 2 is 1.88 bits per heavy atom. The van der Waals surface area contributed by atoms with Crippen LogP contribution in [-0.2, 0) is 10.9 Å². The van der Waals surface area contributed by atoms with E-state index < -0.39 is 17.8 Å². The number of nitrogens with one attached hydrogen (secondary N) is 1. The van der Waals surface area contributed by atoms with E-state index in [0.717, 1.165) is 25.7 Å². The number of halogens is 5. The van der Waals surface area contributed by atoms with E-state index in [1.807, 2.05) is 0 Å². The Hall–Kier alpha value is -2.40. The van der Waals surface area contributed by atoms with E-state index in [4.69, 9.17) is 27.9 Å². The lowest BCUT2D eigenvalue weighted by molar-refractivity contribution is -0.142. The third-order valence-corrected chi connectivity index (χ3v) is 5.95. The van der Waals surface area contributed by atoms with Gasteiger partial charge in [-0.05, 0) is 31.2 Å². The number of carbonyl (C=O) groups excluding carboxylic acids is 1. The lowest BCUT2D eigenvalue weighted by Crippen LogP contribution is -2.38. The van der Waals surface area contributed by atoms with Crippen LogP contribution in [-0.4, -0.2) is 64.8 Å². The van der Waals surface area contributed by atoms with Crippen LogP contribution in [0.15, 0.2) is 30.3 Å². The second kappa shape index (κ2) is 9.84. The summed E-state index contributed by atoms with van der Waals surface area (Å²) < 4.78 is 47.1. The first kappa shape index (κ1) is 23.7. The van der Waals surface area contributed by atoms with Crippen molar-refractivity contribution in [3.8, 4) is 11.3 Å². The minimum absolute atomic E-state index is 0.0331. The zero-order valence-electron chi connectivity index (χ0n) is 17.3. The van der Waals surface area contributed by atoms with Crippen molar-refractivity contribution in [1.82, 2.24) is 24.8 Å². The Morgan fingerprint density at radius 1 is 1.12 bits per heavy atom. The first-order chi connectivity index (χ1) is 15.7. The summed E-state index contributed by atoms with van der Waals surface area (Å²) >= 11 is 11.9. The summed E-state index contributed by atoms with van der Waals surface area (Å²) in [5.74, 6) is -0.563. The van der Waals surface area contributed by atoms with E-state index in [-0.39, 0.29) is 27.1 Å². The number of nitrogens with zero attached hydrogens (tertiary/aromatic N) is 4. The average Bonchev–Trinajstić information content (AvgIpc) is 3.22. The van der Waals surface area contributed by atoms with Crippen LogP contribution >= 0.6 is 23.2 Å². The second-order valence-electron chi connectivity index (χ2n) is 7.52. The molecule has 12 heteroatoms. The molecule has 2 aromatic heterocycles. The van der Waals surface area contributed by atoms with Gasteiger partial charge in [-0.3, -0.25) is 9.69 Å². The van der Waals surface area contributed by atoms with Crippen LogP contribution in [0.1, 0.15) is 22.6 Å². The first-order valence-corrected chi connectivity index (χ1v) is 11.0. The van der Waals surface area contributed by atoms with E-state index in [1.54, 1.807) is 0 Å². The molecular weight excluding hydrogens is 482 g/mol. The van der Waals surface area contributed by atoms with Gasteiger partial charge in [0.25, 0.3) is 5.91 Å². The number of hydrogen-bond acceptors (Lipinski definition) is 5. The predicted octanol–water partition coefficient (Wildman–Crippen LogP) is 4.17. The molecule has 0 atom stereocenters. The van der Waals surface area contributed by atoms with Crippen LogP contribution < -0.4 is 5.32 Å². The third-order valence-electron chi connectivity index (χ3n) is 5.21. The largest absolute Gasteiger partial charge is 0.433 e.